The van der Waals surface area contributed by atoms with Gasteiger partial charge in [-0.3, -0.25) is 0 Å². The van der Waals surface area contributed by atoms with Crippen molar-refractivity contribution >= 4 is 0 Å². The minimum absolute atomic E-state index is 0.0724. The molecule has 0 aromatic heterocycles. The van der Waals surface area contributed by atoms with Gasteiger partial charge in [-0.25, -0.2) is 0 Å². The third-order valence-corrected chi connectivity index (χ3v) is 2.61. The van der Waals surface area contributed by atoms with Crippen LogP contribution in [0.15, 0.2) is 24.3 Å². The monoisotopic (exact) mass is 232 g/mol. The highest BCUT2D eigenvalue weighted by atomic mass is 16.5. The minimum Gasteiger partial charge on any atom is -0.491 e. The van der Waals surface area contributed by atoms with E-state index in [2.05, 4.69) is 19.1 Å². The van der Waals surface area contributed by atoms with Crippen molar-refractivity contribution in [1.29, 1.82) is 5.26 Å². The number of nitrogens with zero attached hydrogens (tertiary/aromatic N) is 1. The summed E-state index contributed by atoms with van der Waals surface area (Å²) in [6.07, 6.45) is 1.43. The molecule has 0 spiro atoms. The number of rotatable bonds is 5. The molecule has 1 rings (SSSR count). The molecule has 0 saturated carbocycles. The molecule has 92 valence electrons. The smallest absolute Gasteiger partial charge is 0.119 e. The first-order valence-corrected chi connectivity index (χ1v) is 5.92. The first-order chi connectivity index (χ1) is 7.96. The predicted molar refractivity (Wildman–Crippen MR) is 68.7 cm³/mol. The van der Waals surface area contributed by atoms with E-state index < -0.39 is 5.54 Å². The third-order valence-electron chi connectivity index (χ3n) is 2.61. The molecule has 17 heavy (non-hydrogen) atoms. The van der Waals surface area contributed by atoms with Crippen LogP contribution >= 0.6 is 0 Å². The summed E-state index contributed by atoms with van der Waals surface area (Å²) in [5, 5.41) is 8.86. The fraction of sp³-hybridized carbons (Fsp3) is 0.500. The van der Waals surface area contributed by atoms with Crippen LogP contribution in [0.25, 0.3) is 0 Å². The molecule has 0 fully saturated rings. The first-order valence-electron chi connectivity index (χ1n) is 5.92. The van der Waals surface area contributed by atoms with Gasteiger partial charge in [-0.15, -0.1) is 0 Å². The normalized spacial score (nSPS) is 15.7. The summed E-state index contributed by atoms with van der Waals surface area (Å²) in [4.78, 5) is 0. The fourth-order valence-electron chi connectivity index (χ4n) is 1.76. The number of hydrogen-bond acceptors (Lipinski definition) is 3. The van der Waals surface area contributed by atoms with Crippen molar-refractivity contribution < 1.29 is 4.74 Å². The van der Waals surface area contributed by atoms with Crippen LogP contribution in [0.3, 0.4) is 0 Å². The summed E-state index contributed by atoms with van der Waals surface area (Å²) in [6.45, 7) is 5.76. The second kappa shape index (κ2) is 5.70. The van der Waals surface area contributed by atoms with Crippen LogP contribution in [0.2, 0.25) is 0 Å². The summed E-state index contributed by atoms with van der Waals surface area (Å²) in [5.74, 6) is 0.839. The molecule has 0 saturated heterocycles. The van der Waals surface area contributed by atoms with E-state index in [0.29, 0.717) is 6.42 Å². The summed E-state index contributed by atoms with van der Waals surface area (Å²) < 4.78 is 5.76. The van der Waals surface area contributed by atoms with Gasteiger partial charge in [0.05, 0.1) is 12.2 Å². The zero-order valence-electron chi connectivity index (χ0n) is 10.7. The number of nitrogens with two attached hydrogens (primary N) is 1. The molecule has 1 aromatic rings. The molecule has 2 atom stereocenters. The van der Waals surface area contributed by atoms with E-state index in [9.17, 15) is 0 Å². The number of aryl methyl sites for hydroxylation is 1. The Morgan fingerprint density at radius 1 is 1.53 bits per heavy atom. The lowest BCUT2D eigenvalue weighted by Crippen LogP contribution is -2.38. The molecule has 0 radical (unpaired) electrons. The Morgan fingerprint density at radius 3 is 2.82 bits per heavy atom. The summed E-state index contributed by atoms with van der Waals surface area (Å²) in [7, 11) is 0. The van der Waals surface area contributed by atoms with Crippen LogP contribution in [-0.4, -0.2) is 11.6 Å². The molecule has 2 N–H and O–H groups in total. The van der Waals surface area contributed by atoms with Gasteiger partial charge in [0.1, 0.15) is 11.3 Å². The van der Waals surface area contributed by atoms with Crippen molar-refractivity contribution in [2.45, 2.75) is 45.3 Å². The van der Waals surface area contributed by atoms with E-state index >= 15 is 0 Å². The molecule has 3 heteroatoms. The zero-order chi connectivity index (χ0) is 12.9. The largest absolute Gasteiger partial charge is 0.491 e. The van der Waals surface area contributed by atoms with Crippen molar-refractivity contribution in [2.24, 2.45) is 5.73 Å². The number of ether oxygens (including phenoxy) is 1. The minimum atomic E-state index is -0.832. The molecule has 0 bridgehead atoms. The van der Waals surface area contributed by atoms with Crippen LogP contribution in [0.5, 0.6) is 5.75 Å². The molecule has 2 unspecified atom stereocenters. The summed E-state index contributed by atoms with van der Waals surface area (Å²) >= 11 is 0. The van der Waals surface area contributed by atoms with Gasteiger partial charge in [0.25, 0.3) is 0 Å². The standard InChI is InChI=1S/C14H20N2O/c1-4-12-6-5-7-13(8-12)17-11(2)9-14(3,16)10-15/h5-8,11H,4,9,16H2,1-3H3. The Kier molecular flexibility index (Phi) is 4.53. The number of hydrogen-bond donors (Lipinski definition) is 1. The molecule has 0 amide bonds. The average Bonchev–Trinajstić information content (AvgIpc) is 2.28. The molecule has 0 heterocycles. The van der Waals surface area contributed by atoms with Crippen LogP contribution in [0.1, 0.15) is 32.8 Å². The maximum atomic E-state index is 8.86. The molecular weight excluding hydrogens is 212 g/mol. The third kappa shape index (κ3) is 4.46. The van der Waals surface area contributed by atoms with Gasteiger partial charge in [0, 0.05) is 6.42 Å². The van der Waals surface area contributed by atoms with E-state index in [1.54, 1.807) is 6.92 Å². The average molecular weight is 232 g/mol. The van der Waals surface area contributed by atoms with Crippen molar-refractivity contribution in [3.05, 3.63) is 29.8 Å². The van der Waals surface area contributed by atoms with Gasteiger partial charge < -0.3 is 10.5 Å². The van der Waals surface area contributed by atoms with Crippen LogP contribution in [0.4, 0.5) is 0 Å². The Balaban J connectivity index is 2.62. The highest BCUT2D eigenvalue weighted by molar-refractivity contribution is 5.28. The van der Waals surface area contributed by atoms with Crippen LogP contribution in [0, 0.1) is 11.3 Å². The van der Waals surface area contributed by atoms with E-state index in [4.69, 9.17) is 15.7 Å². The fourth-order valence-corrected chi connectivity index (χ4v) is 1.76. The van der Waals surface area contributed by atoms with Crippen molar-refractivity contribution in [3.63, 3.8) is 0 Å². The van der Waals surface area contributed by atoms with E-state index in [1.165, 1.54) is 5.56 Å². The lowest BCUT2D eigenvalue weighted by atomic mass is 9.98. The molecular formula is C14H20N2O. The molecule has 3 nitrogen and oxygen atoms in total. The van der Waals surface area contributed by atoms with E-state index in [1.807, 2.05) is 25.1 Å². The predicted octanol–water partition coefficient (Wildman–Crippen LogP) is 2.65. The Morgan fingerprint density at radius 2 is 2.24 bits per heavy atom. The second-order valence-corrected chi connectivity index (χ2v) is 4.66. The van der Waals surface area contributed by atoms with Gasteiger partial charge in [-0.05, 0) is 38.0 Å². The topological polar surface area (TPSA) is 59.0 Å². The molecule has 0 aliphatic carbocycles. The maximum Gasteiger partial charge on any atom is 0.119 e. The van der Waals surface area contributed by atoms with Gasteiger partial charge >= 0.3 is 0 Å². The van der Waals surface area contributed by atoms with E-state index in [-0.39, 0.29) is 6.10 Å². The van der Waals surface area contributed by atoms with Gasteiger partial charge in [0.2, 0.25) is 0 Å². The second-order valence-electron chi connectivity index (χ2n) is 4.66. The van der Waals surface area contributed by atoms with E-state index in [0.717, 1.165) is 12.2 Å². The van der Waals surface area contributed by atoms with Gasteiger partial charge in [0.15, 0.2) is 0 Å². The highest BCUT2D eigenvalue weighted by Gasteiger charge is 2.21. The number of nitriles is 1. The molecule has 1 aromatic carbocycles. The zero-order valence-corrected chi connectivity index (χ0v) is 10.7. The molecule has 0 aliphatic heterocycles. The van der Waals surface area contributed by atoms with Crippen molar-refractivity contribution in [2.75, 3.05) is 0 Å². The first kappa shape index (κ1) is 13.5. The Hall–Kier alpha value is -1.53. The summed E-state index contributed by atoms with van der Waals surface area (Å²) in [5.41, 5.74) is 6.20. The quantitative estimate of drug-likeness (QED) is 0.849. The summed E-state index contributed by atoms with van der Waals surface area (Å²) in [6, 6.07) is 10.1. The Labute approximate surface area is 103 Å². The van der Waals surface area contributed by atoms with Crippen LogP contribution in [-0.2, 0) is 6.42 Å². The SMILES string of the molecule is CCc1cccc(OC(C)CC(C)(N)C#N)c1. The van der Waals surface area contributed by atoms with Crippen LogP contribution < -0.4 is 10.5 Å². The van der Waals surface area contributed by atoms with Crippen molar-refractivity contribution in [3.8, 4) is 11.8 Å². The van der Waals surface area contributed by atoms with Gasteiger partial charge in [-0.1, -0.05) is 19.1 Å². The van der Waals surface area contributed by atoms with Crippen molar-refractivity contribution in [1.82, 2.24) is 0 Å². The lowest BCUT2D eigenvalue weighted by molar-refractivity contribution is 0.191. The maximum absolute atomic E-state index is 8.86. The Bertz CT molecular complexity index is 407. The molecule has 0 aliphatic rings. The number of benzene rings is 1. The van der Waals surface area contributed by atoms with Gasteiger partial charge in [-0.2, -0.15) is 5.26 Å². The highest BCUT2D eigenvalue weighted by Crippen LogP contribution is 2.18. The lowest BCUT2D eigenvalue weighted by Gasteiger charge is -2.22.